The Morgan fingerprint density at radius 2 is 1.00 bits per heavy atom. The Balaban J connectivity index is 4.11. The van der Waals surface area contributed by atoms with Crippen LogP contribution in [0.3, 0.4) is 0 Å². The number of esters is 1. The molecule has 0 heterocycles. The van der Waals surface area contributed by atoms with Gasteiger partial charge in [-0.25, -0.2) is 0 Å². The molecule has 0 fully saturated rings. The zero-order chi connectivity index (χ0) is 33.1. The maximum absolute atomic E-state index is 12.6. The van der Waals surface area contributed by atoms with Crippen molar-refractivity contribution in [1.82, 2.24) is 5.32 Å². The third-order valence-corrected chi connectivity index (χ3v) is 8.67. The van der Waals surface area contributed by atoms with Gasteiger partial charge in [0.1, 0.15) is 12.6 Å². The van der Waals surface area contributed by atoms with Gasteiger partial charge in [-0.1, -0.05) is 161 Å². The molecule has 0 spiro atoms. The first kappa shape index (κ1) is 43.1. The summed E-state index contributed by atoms with van der Waals surface area (Å²) in [6, 6.07) is 0. The van der Waals surface area contributed by atoms with Gasteiger partial charge in [0.05, 0.1) is 0 Å². The van der Waals surface area contributed by atoms with Crippen molar-refractivity contribution in [1.29, 1.82) is 0 Å². The average molecular weight is 636 g/mol. The quantitative estimate of drug-likeness (QED) is 0.0410. The molecule has 0 bridgehead atoms. The largest absolute Gasteiger partial charge is 0.480 e. The Kier molecular flexibility index (Phi) is 33.6. The molecule has 0 radical (unpaired) electrons. The Labute approximate surface area is 278 Å². The predicted octanol–water partition coefficient (Wildman–Crippen LogP) is 11.4. The molecule has 1 amide bonds. The van der Waals surface area contributed by atoms with E-state index in [-0.39, 0.29) is 24.5 Å². The van der Waals surface area contributed by atoms with Crippen LogP contribution in [0.5, 0.6) is 0 Å². The second kappa shape index (κ2) is 35.0. The van der Waals surface area contributed by atoms with Crippen molar-refractivity contribution in [3.63, 3.8) is 0 Å². The molecule has 6 heteroatoms. The van der Waals surface area contributed by atoms with Crippen molar-refractivity contribution in [2.75, 3.05) is 6.54 Å². The Morgan fingerprint density at radius 3 is 1.49 bits per heavy atom. The van der Waals surface area contributed by atoms with Crippen molar-refractivity contribution in [2.45, 2.75) is 213 Å². The molecule has 0 saturated heterocycles. The molecule has 0 aromatic rings. The average Bonchev–Trinajstić information content (AvgIpc) is 3.02. The first-order valence-electron chi connectivity index (χ1n) is 19.3. The zero-order valence-electron chi connectivity index (χ0n) is 29.7. The van der Waals surface area contributed by atoms with Crippen LogP contribution in [-0.4, -0.2) is 35.6 Å². The number of ether oxygens (including phenoxy) is 1. The minimum absolute atomic E-state index is 0.0515. The number of nitrogens with one attached hydrogen (secondary N) is 1. The Bertz CT molecular complexity index is 708. The minimum Gasteiger partial charge on any atom is -0.480 e. The second-order valence-corrected chi connectivity index (χ2v) is 13.2. The van der Waals surface area contributed by atoms with Gasteiger partial charge in [0.25, 0.3) is 0 Å². The van der Waals surface area contributed by atoms with Crippen LogP contribution in [-0.2, 0) is 19.1 Å². The van der Waals surface area contributed by atoms with E-state index in [0.717, 1.165) is 64.2 Å². The number of allylic oxidation sites excluding steroid dienone is 1. The zero-order valence-corrected chi connectivity index (χ0v) is 29.7. The maximum Gasteiger partial charge on any atom is 0.322 e. The summed E-state index contributed by atoms with van der Waals surface area (Å²) in [6.07, 6.45) is 39.2. The highest BCUT2D eigenvalue weighted by Crippen LogP contribution is 2.16. The van der Waals surface area contributed by atoms with Crippen LogP contribution in [0.15, 0.2) is 12.2 Å². The van der Waals surface area contributed by atoms with Crippen molar-refractivity contribution >= 4 is 17.8 Å². The summed E-state index contributed by atoms with van der Waals surface area (Å²) < 4.78 is 5.92. The number of carboxylic acid groups (broad SMARTS) is 1. The van der Waals surface area contributed by atoms with E-state index in [2.05, 4.69) is 31.3 Å². The molecule has 45 heavy (non-hydrogen) atoms. The van der Waals surface area contributed by atoms with E-state index in [0.29, 0.717) is 12.8 Å². The molecule has 0 aromatic carbocycles. The number of unbranched alkanes of at least 4 members (excludes halogenated alkanes) is 24. The third-order valence-electron chi connectivity index (χ3n) is 8.67. The molecular weight excluding hydrogens is 562 g/mol. The molecule has 0 aliphatic rings. The highest BCUT2D eigenvalue weighted by atomic mass is 16.5. The highest BCUT2D eigenvalue weighted by molar-refractivity contribution is 5.80. The van der Waals surface area contributed by atoms with Crippen LogP contribution in [0.2, 0.25) is 0 Å². The van der Waals surface area contributed by atoms with E-state index in [9.17, 15) is 14.4 Å². The van der Waals surface area contributed by atoms with Crippen LogP contribution < -0.4 is 5.32 Å². The van der Waals surface area contributed by atoms with Crippen LogP contribution in [0.1, 0.15) is 206 Å². The van der Waals surface area contributed by atoms with E-state index in [1.165, 1.54) is 116 Å². The lowest BCUT2D eigenvalue weighted by Gasteiger charge is -2.15. The number of hydrogen-bond donors (Lipinski definition) is 2. The maximum atomic E-state index is 12.6. The van der Waals surface area contributed by atoms with Gasteiger partial charge < -0.3 is 15.2 Å². The fourth-order valence-electron chi connectivity index (χ4n) is 5.78. The molecule has 0 aliphatic heterocycles. The number of aliphatic carboxylic acids is 1. The van der Waals surface area contributed by atoms with Gasteiger partial charge in [-0.3, -0.25) is 14.4 Å². The fourth-order valence-corrected chi connectivity index (χ4v) is 5.78. The van der Waals surface area contributed by atoms with Gasteiger partial charge in [-0.15, -0.1) is 0 Å². The van der Waals surface area contributed by atoms with Crippen LogP contribution in [0.4, 0.5) is 0 Å². The summed E-state index contributed by atoms with van der Waals surface area (Å²) in [7, 11) is 0. The second-order valence-electron chi connectivity index (χ2n) is 13.2. The van der Waals surface area contributed by atoms with E-state index in [1.807, 2.05) is 0 Å². The lowest BCUT2D eigenvalue weighted by molar-refractivity contribution is -0.147. The van der Waals surface area contributed by atoms with Crippen molar-refractivity contribution < 1.29 is 24.2 Å². The van der Waals surface area contributed by atoms with Crippen LogP contribution >= 0.6 is 0 Å². The van der Waals surface area contributed by atoms with E-state index in [1.54, 1.807) is 0 Å². The number of carbonyl (C=O) groups is 3. The normalized spacial score (nSPS) is 12.0. The minimum atomic E-state index is -1.01. The third kappa shape index (κ3) is 34.9. The molecule has 0 aromatic heterocycles. The van der Waals surface area contributed by atoms with Gasteiger partial charge in [0.15, 0.2) is 0 Å². The number of carbonyl (C=O) groups excluding carboxylic acids is 2. The molecule has 2 N–H and O–H groups in total. The highest BCUT2D eigenvalue weighted by Gasteiger charge is 2.11. The van der Waals surface area contributed by atoms with Gasteiger partial charge in [0.2, 0.25) is 5.91 Å². The van der Waals surface area contributed by atoms with Gasteiger partial charge >= 0.3 is 11.9 Å². The predicted molar refractivity (Wildman–Crippen MR) is 190 cm³/mol. The van der Waals surface area contributed by atoms with Crippen LogP contribution in [0, 0.1) is 0 Å². The summed E-state index contributed by atoms with van der Waals surface area (Å²) in [6.45, 7) is 4.21. The number of hydrogen-bond acceptors (Lipinski definition) is 4. The molecule has 1 unspecified atom stereocenters. The number of amides is 1. The topological polar surface area (TPSA) is 92.7 Å². The van der Waals surface area contributed by atoms with Crippen LogP contribution in [0.25, 0.3) is 0 Å². The van der Waals surface area contributed by atoms with Crippen molar-refractivity contribution in [2.24, 2.45) is 0 Å². The van der Waals surface area contributed by atoms with Gasteiger partial charge in [-0.05, 0) is 44.6 Å². The Morgan fingerprint density at radius 1 is 0.578 bits per heavy atom. The summed E-state index contributed by atoms with van der Waals surface area (Å²) in [5, 5.41) is 11.0. The number of rotatable bonds is 35. The fraction of sp³-hybridized carbons (Fsp3) is 0.872. The first-order valence-corrected chi connectivity index (χ1v) is 19.3. The molecular formula is C39H73NO5. The smallest absolute Gasteiger partial charge is 0.322 e. The van der Waals surface area contributed by atoms with E-state index >= 15 is 0 Å². The van der Waals surface area contributed by atoms with Crippen molar-refractivity contribution in [3.05, 3.63) is 12.2 Å². The van der Waals surface area contributed by atoms with Crippen molar-refractivity contribution in [3.8, 4) is 0 Å². The summed E-state index contributed by atoms with van der Waals surface area (Å²) in [4.78, 5) is 34.8. The summed E-state index contributed by atoms with van der Waals surface area (Å²) in [5.74, 6) is -1.26. The van der Waals surface area contributed by atoms with E-state index in [4.69, 9.17) is 9.84 Å². The molecule has 0 rings (SSSR count). The molecule has 264 valence electrons. The van der Waals surface area contributed by atoms with Gasteiger partial charge in [0, 0.05) is 12.8 Å². The summed E-state index contributed by atoms with van der Waals surface area (Å²) in [5.41, 5.74) is 0. The number of carboxylic acids is 1. The standard InChI is InChI=1S/C39H73NO5/c1-3-5-7-9-11-13-14-15-16-17-18-20-26-30-34-39(44)45-36(31-27-23-19-12-10-8-6-4-2)32-28-24-21-22-25-29-33-37(41)40-35-38(42)43/h27,31,36H,3-26,28-30,32-35H2,1-2H3,(H,40,41)(H,42,43)/b31-27-. The lowest BCUT2D eigenvalue weighted by atomic mass is 10.0. The molecule has 0 saturated carbocycles. The van der Waals surface area contributed by atoms with E-state index < -0.39 is 5.97 Å². The molecule has 1 atom stereocenters. The monoisotopic (exact) mass is 636 g/mol. The molecule has 0 aliphatic carbocycles. The first-order chi connectivity index (χ1) is 22.0. The molecule has 6 nitrogen and oxygen atoms in total. The Hall–Kier alpha value is -1.85. The van der Waals surface area contributed by atoms with Gasteiger partial charge in [-0.2, -0.15) is 0 Å². The SMILES string of the molecule is CCCCCCCC/C=C\C(CCCCCCCCC(=O)NCC(=O)O)OC(=O)CCCCCCCCCCCCCCCC. The lowest BCUT2D eigenvalue weighted by Crippen LogP contribution is -2.28. The summed E-state index contributed by atoms with van der Waals surface area (Å²) >= 11 is 0.